The van der Waals surface area contributed by atoms with Crippen molar-refractivity contribution in [2.75, 3.05) is 0 Å². The van der Waals surface area contributed by atoms with Gasteiger partial charge in [-0.15, -0.1) is 11.3 Å². The molecular formula is C17H12N4O2S. The number of thiazole rings is 1. The van der Waals surface area contributed by atoms with Gasteiger partial charge < -0.3 is 10.3 Å². The van der Waals surface area contributed by atoms with Crippen molar-refractivity contribution in [3.05, 3.63) is 53.9 Å². The zero-order chi connectivity index (χ0) is 16.7. The highest BCUT2D eigenvalue weighted by atomic mass is 32.1. The van der Waals surface area contributed by atoms with E-state index in [1.165, 1.54) is 6.20 Å². The highest BCUT2D eigenvalue weighted by Crippen LogP contribution is 2.37. The van der Waals surface area contributed by atoms with Crippen LogP contribution >= 0.6 is 11.3 Å². The minimum absolute atomic E-state index is 0.356. The molecule has 0 bridgehead atoms. The third-order valence-corrected chi connectivity index (χ3v) is 4.71. The first-order valence-electron chi connectivity index (χ1n) is 7.22. The quantitative estimate of drug-likeness (QED) is 0.618. The Morgan fingerprint density at radius 3 is 2.75 bits per heavy atom. The number of fused-ring (bicyclic) bond motifs is 1. The van der Waals surface area contributed by atoms with Crippen LogP contribution in [0.3, 0.4) is 0 Å². The van der Waals surface area contributed by atoms with E-state index in [1.807, 2.05) is 31.2 Å². The Morgan fingerprint density at radius 1 is 1.21 bits per heavy atom. The maximum atomic E-state index is 11.2. The Bertz CT molecular complexity index is 1020. The van der Waals surface area contributed by atoms with Gasteiger partial charge in [0.2, 0.25) is 5.91 Å². The van der Waals surface area contributed by atoms with Crippen molar-refractivity contribution in [2.24, 2.45) is 5.73 Å². The smallest absolute Gasteiger partial charge is 0.250 e. The number of para-hydroxylation sites is 1. The van der Waals surface area contributed by atoms with Crippen LogP contribution in [0, 0.1) is 6.92 Å². The van der Waals surface area contributed by atoms with Crippen LogP contribution in [0.25, 0.3) is 32.2 Å². The zero-order valence-corrected chi connectivity index (χ0v) is 13.5. The molecule has 4 rings (SSSR count). The van der Waals surface area contributed by atoms with Crippen molar-refractivity contribution in [1.82, 2.24) is 15.1 Å². The molecule has 118 valence electrons. The number of carbonyl (C=O) groups is 1. The van der Waals surface area contributed by atoms with E-state index in [2.05, 4.69) is 15.1 Å². The average molecular weight is 336 g/mol. The Balaban J connectivity index is 1.85. The first-order valence-corrected chi connectivity index (χ1v) is 8.03. The Hall–Kier alpha value is -3.06. The molecule has 0 fully saturated rings. The molecule has 1 amide bonds. The number of pyridine rings is 1. The lowest BCUT2D eigenvalue weighted by molar-refractivity contribution is 0.1000. The summed E-state index contributed by atoms with van der Waals surface area (Å²) in [5.74, 6) is 0.131. The van der Waals surface area contributed by atoms with E-state index in [1.54, 1.807) is 23.5 Å². The van der Waals surface area contributed by atoms with Crippen molar-refractivity contribution in [3.8, 4) is 22.0 Å². The van der Waals surface area contributed by atoms with Crippen LogP contribution in [0.4, 0.5) is 0 Å². The first-order chi connectivity index (χ1) is 11.6. The molecule has 0 radical (unpaired) electrons. The van der Waals surface area contributed by atoms with Gasteiger partial charge in [-0.25, -0.2) is 4.98 Å². The number of nitrogens with two attached hydrogens (primary N) is 1. The second-order valence-corrected chi connectivity index (χ2v) is 6.28. The number of hydrogen-bond donors (Lipinski definition) is 1. The standard InChI is InChI=1S/C17H12N4O2S/c1-9-14(12-7-6-10(8-19-12)16(18)22)15(21-23-9)17-20-11-4-2-3-5-13(11)24-17/h2-8H,1H3,(H2,18,22). The summed E-state index contributed by atoms with van der Waals surface area (Å²) in [6, 6.07) is 11.3. The van der Waals surface area contributed by atoms with Crippen LogP contribution in [-0.4, -0.2) is 21.0 Å². The number of primary amides is 1. The van der Waals surface area contributed by atoms with Gasteiger partial charge in [-0.05, 0) is 31.2 Å². The fourth-order valence-corrected chi connectivity index (χ4v) is 3.43. The van der Waals surface area contributed by atoms with Crippen molar-refractivity contribution in [1.29, 1.82) is 0 Å². The summed E-state index contributed by atoms with van der Waals surface area (Å²) in [4.78, 5) is 20.1. The van der Waals surface area contributed by atoms with Crippen LogP contribution in [0.1, 0.15) is 16.1 Å². The average Bonchev–Trinajstić information content (AvgIpc) is 3.18. The molecule has 0 saturated heterocycles. The lowest BCUT2D eigenvalue weighted by atomic mass is 10.1. The minimum Gasteiger partial charge on any atom is -0.366 e. The predicted octanol–water partition coefficient (Wildman–Crippen LogP) is 3.42. The molecule has 0 aliphatic heterocycles. The molecule has 2 N–H and O–H groups in total. The molecule has 0 aliphatic rings. The second-order valence-electron chi connectivity index (χ2n) is 5.25. The largest absolute Gasteiger partial charge is 0.366 e. The molecular weight excluding hydrogens is 324 g/mol. The molecule has 0 spiro atoms. The van der Waals surface area contributed by atoms with Gasteiger partial charge in [-0.2, -0.15) is 0 Å². The lowest BCUT2D eigenvalue weighted by Crippen LogP contribution is -2.11. The predicted molar refractivity (Wildman–Crippen MR) is 91.6 cm³/mol. The molecule has 7 heteroatoms. The molecule has 0 unspecified atom stereocenters. The maximum absolute atomic E-state index is 11.2. The minimum atomic E-state index is -0.512. The second kappa shape index (κ2) is 5.54. The number of aromatic nitrogens is 3. The highest BCUT2D eigenvalue weighted by Gasteiger charge is 2.20. The SMILES string of the molecule is Cc1onc(-c2nc3ccccc3s2)c1-c1ccc(C(N)=O)cn1. The number of aryl methyl sites for hydroxylation is 1. The first kappa shape index (κ1) is 14.5. The molecule has 6 nitrogen and oxygen atoms in total. The molecule has 0 aliphatic carbocycles. The van der Waals surface area contributed by atoms with E-state index in [-0.39, 0.29) is 0 Å². The van der Waals surface area contributed by atoms with Crippen LogP contribution in [0.2, 0.25) is 0 Å². The maximum Gasteiger partial charge on any atom is 0.250 e. The van der Waals surface area contributed by atoms with Gasteiger partial charge in [0.1, 0.15) is 10.8 Å². The molecule has 0 saturated carbocycles. The number of carbonyl (C=O) groups excluding carboxylic acids is 1. The summed E-state index contributed by atoms with van der Waals surface area (Å²) in [6.07, 6.45) is 1.45. The van der Waals surface area contributed by atoms with E-state index in [0.717, 1.165) is 20.8 Å². The van der Waals surface area contributed by atoms with Crippen LogP contribution in [0.5, 0.6) is 0 Å². The van der Waals surface area contributed by atoms with Crippen LogP contribution < -0.4 is 5.73 Å². The number of amides is 1. The molecule has 3 heterocycles. The summed E-state index contributed by atoms with van der Waals surface area (Å²) < 4.78 is 6.44. The molecule has 24 heavy (non-hydrogen) atoms. The van der Waals surface area contributed by atoms with Crippen molar-refractivity contribution in [3.63, 3.8) is 0 Å². The normalized spacial score (nSPS) is 11.0. The van der Waals surface area contributed by atoms with Crippen LogP contribution in [0.15, 0.2) is 47.1 Å². The fourth-order valence-electron chi connectivity index (χ4n) is 2.48. The van der Waals surface area contributed by atoms with Crippen LogP contribution in [-0.2, 0) is 0 Å². The summed E-state index contributed by atoms with van der Waals surface area (Å²) >= 11 is 1.55. The fraction of sp³-hybridized carbons (Fsp3) is 0.0588. The van der Waals surface area contributed by atoms with E-state index in [4.69, 9.17) is 10.3 Å². The summed E-state index contributed by atoms with van der Waals surface area (Å²) in [7, 11) is 0. The monoisotopic (exact) mass is 336 g/mol. The third-order valence-electron chi connectivity index (χ3n) is 3.66. The van der Waals surface area contributed by atoms with Crippen molar-refractivity contribution < 1.29 is 9.32 Å². The van der Waals surface area contributed by atoms with Gasteiger partial charge in [0.05, 0.1) is 27.0 Å². The number of benzene rings is 1. The van der Waals surface area contributed by atoms with Gasteiger partial charge in [0, 0.05) is 6.20 Å². The number of rotatable bonds is 3. The Morgan fingerprint density at radius 2 is 2.04 bits per heavy atom. The molecule has 4 aromatic rings. The van der Waals surface area contributed by atoms with Gasteiger partial charge >= 0.3 is 0 Å². The van der Waals surface area contributed by atoms with Gasteiger partial charge in [-0.1, -0.05) is 17.3 Å². The Kier molecular flexibility index (Phi) is 3.35. The molecule has 0 atom stereocenters. The molecule has 3 aromatic heterocycles. The number of nitrogens with zero attached hydrogens (tertiary/aromatic N) is 3. The van der Waals surface area contributed by atoms with E-state index in [0.29, 0.717) is 22.7 Å². The van der Waals surface area contributed by atoms with Gasteiger partial charge in [0.15, 0.2) is 5.69 Å². The zero-order valence-electron chi connectivity index (χ0n) is 12.7. The Labute approximate surface area is 141 Å². The lowest BCUT2D eigenvalue weighted by Gasteiger charge is -2.01. The summed E-state index contributed by atoms with van der Waals surface area (Å²) in [5.41, 5.74) is 8.61. The van der Waals surface area contributed by atoms with Crippen molar-refractivity contribution in [2.45, 2.75) is 6.92 Å². The summed E-state index contributed by atoms with van der Waals surface area (Å²) in [6.45, 7) is 1.82. The highest BCUT2D eigenvalue weighted by molar-refractivity contribution is 7.21. The third kappa shape index (κ3) is 2.35. The topological polar surface area (TPSA) is 94.9 Å². The molecule has 1 aromatic carbocycles. The van der Waals surface area contributed by atoms with Gasteiger partial charge in [0.25, 0.3) is 0 Å². The van der Waals surface area contributed by atoms with E-state index >= 15 is 0 Å². The number of hydrogen-bond acceptors (Lipinski definition) is 6. The van der Waals surface area contributed by atoms with E-state index < -0.39 is 5.91 Å². The van der Waals surface area contributed by atoms with E-state index in [9.17, 15) is 4.79 Å². The summed E-state index contributed by atoms with van der Waals surface area (Å²) in [5, 5.41) is 4.92. The van der Waals surface area contributed by atoms with Crippen molar-refractivity contribution >= 4 is 27.5 Å². The van der Waals surface area contributed by atoms with Gasteiger partial charge in [-0.3, -0.25) is 9.78 Å².